The van der Waals surface area contributed by atoms with Gasteiger partial charge in [0, 0.05) is 36.1 Å². The zero-order valence-corrected chi connectivity index (χ0v) is 26.0. The van der Waals surface area contributed by atoms with E-state index in [1.807, 2.05) is 0 Å². The van der Waals surface area contributed by atoms with Crippen molar-refractivity contribution in [2.75, 3.05) is 6.61 Å². The van der Waals surface area contributed by atoms with Gasteiger partial charge in [0.25, 0.3) is 0 Å². The Kier molecular flexibility index (Phi) is 6.34. The van der Waals surface area contributed by atoms with Gasteiger partial charge in [-0.25, -0.2) is 4.79 Å². The van der Waals surface area contributed by atoms with E-state index in [0.717, 1.165) is 57.2 Å². The molecular weight excluding hydrogens is 530 g/mol. The summed E-state index contributed by atoms with van der Waals surface area (Å²) in [4.78, 5) is 28.6. The van der Waals surface area contributed by atoms with Gasteiger partial charge in [0.1, 0.15) is 24.9 Å². The normalized spacial score (nSPS) is 45.9. The maximum atomic E-state index is 13.0. The molecule has 5 aliphatic carbocycles. The van der Waals surface area contributed by atoms with Crippen molar-refractivity contribution in [1.29, 1.82) is 0 Å². The van der Waals surface area contributed by atoms with Gasteiger partial charge >= 0.3 is 11.9 Å². The number of carbonyl (C=O) groups excluding carboxylic acids is 2. The van der Waals surface area contributed by atoms with Gasteiger partial charge in [0.15, 0.2) is 0 Å². The van der Waals surface area contributed by atoms with Gasteiger partial charge in [0.2, 0.25) is 0 Å². The molecule has 1 saturated heterocycles. The van der Waals surface area contributed by atoms with Crippen LogP contribution in [-0.2, 0) is 19.0 Å². The number of hydrogen-bond acceptors (Lipinski definition) is 7. The molecule has 0 aromatic carbocycles. The van der Waals surface area contributed by atoms with Crippen molar-refractivity contribution in [2.45, 2.75) is 105 Å². The predicted molar refractivity (Wildman–Crippen MR) is 155 cm³/mol. The summed E-state index contributed by atoms with van der Waals surface area (Å²) in [5, 5.41) is 12.2. The third kappa shape index (κ3) is 3.56. The van der Waals surface area contributed by atoms with Crippen molar-refractivity contribution in [3.05, 3.63) is 48.2 Å². The Hall–Kier alpha value is -1.99. The Morgan fingerprint density at radius 3 is 2.64 bits per heavy atom. The number of pyridine rings is 1. The van der Waals surface area contributed by atoms with Crippen LogP contribution in [0.15, 0.2) is 24.5 Å². The number of nitrogens with zero attached hydrogens (tertiary/aromatic N) is 1. The van der Waals surface area contributed by atoms with Crippen molar-refractivity contribution in [3.8, 4) is 0 Å². The Labute approximate surface area is 250 Å². The highest BCUT2D eigenvalue weighted by Gasteiger charge is 2.85. The highest BCUT2D eigenvalue weighted by Crippen LogP contribution is 2.90. The lowest BCUT2D eigenvalue weighted by Gasteiger charge is -2.63. The number of carbonyl (C=O) groups is 2. The number of aromatic nitrogens is 1. The summed E-state index contributed by atoms with van der Waals surface area (Å²) < 4.78 is 18.0. The maximum Gasteiger partial charge on any atom is 0.339 e. The molecule has 7 rings (SSSR count). The highest BCUT2D eigenvalue weighted by atomic mass is 16.6. The van der Waals surface area contributed by atoms with Gasteiger partial charge < -0.3 is 19.3 Å². The number of fused-ring (bicyclic) bond motifs is 4. The first-order valence-electron chi connectivity index (χ1n) is 16.0. The summed E-state index contributed by atoms with van der Waals surface area (Å²) in [7, 11) is 0. The van der Waals surface area contributed by atoms with Crippen molar-refractivity contribution >= 4 is 11.9 Å². The van der Waals surface area contributed by atoms with E-state index in [4.69, 9.17) is 14.2 Å². The topological polar surface area (TPSA) is 95.0 Å². The molecule has 5 saturated carbocycles. The minimum absolute atomic E-state index is 0.0860. The van der Waals surface area contributed by atoms with E-state index in [1.54, 1.807) is 30.4 Å². The van der Waals surface area contributed by atoms with E-state index in [0.29, 0.717) is 17.4 Å². The molecule has 1 aromatic heterocycles. The fourth-order valence-electron chi connectivity index (χ4n) is 11.7. The molecule has 2 spiro atoms. The number of esters is 2. The Morgan fingerprint density at radius 2 is 1.93 bits per heavy atom. The minimum Gasteiger partial charge on any atom is -0.463 e. The summed E-state index contributed by atoms with van der Waals surface area (Å²) in [5.74, 6) is 1.93. The molecule has 1 aliphatic heterocycles. The van der Waals surface area contributed by atoms with Gasteiger partial charge in [-0.1, -0.05) is 34.6 Å². The van der Waals surface area contributed by atoms with Crippen LogP contribution in [0.25, 0.3) is 0 Å². The predicted octanol–water partition coefficient (Wildman–Crippen LogP) is 6.27. The second-order valence-electron chi connectivity index (χ2n) is 15.5. The molecular formula is C35H46NO6. The monoisotopic (exact) mass is 576 g/mol. The van der Waals surface area contributed by atoms with Gasteiger partial charge in [-0.2, -0.15) is 0 Å². The second kappa shape index (κ2) is 9.26. The molecule has 3 radical (unpaired) electrons. The molecule has 9 atom stereocenters. The molecule has 7 heteroatoms. The van der Waals surface area contributed by atoms with Crippen LogP contribution in [0, 0.1) is 63.0 Å². The highest BCUT2D eigenvalue weighted by molar-refractivity contribution is 5.89. The van der Waals surface area contributed by atoms with Crippen LogP contribution < -0.4 is 0 Å². The van der Waals surface area contributed by atoms with Crippen molar-refractivity contribution < 1.29 is 28.9 Å². The van der Waals surface area contributed by atoms with Crippen LogP contribution in [0.4, 0.5) is 0 Å². The summed E-state index contributed by atoms with van der Waals surface area (Å²) in [6.07, 6.45) is 12.2. The molecule has 0 unspecified atom stereocenters. The molecule has 1 N–H and O–H groups in total. The number of ether oxygens (including phenoxy) is 3. The van der Waals surface area contributed by atoms with Gasteiger partial charge in [-0.05, 0) is 97.5 Å². The molecule has 0 bridgehead atoms. The Morgan fingerprint density at radius 1 is 1.14 bits per heavy atom. The zero-order valence-electron chi connectivity index (χ0n) is 26.0. The summed E-state index contributed by atoms with van der Waals surface area (Å²) in [6.45, 7) is 13.2. The van der Waals surface area contributed by atoms with Crippen LogP contribution in [-0.4, -0.2) is 40.8 Å². The third-order valence-electron chi connectivity index (χ3n) is 13.6. The fraction of sp³-hybridized carbons (Fsp3) is 0.714. The van der Waals surface area contributed by atoms with Crippen LogP contribution in [0.1, 0.15) is 103 Å². The minimum atomic E-state index is -0.672. The lowest BCUT2D eigenvalue weighted by atomic mass is 9.41. The summed E-state index contributed by atoms with van der Waals surface area (Å²) >= 11 is 0. The summed E-state index contributed by atoms with van der Waals surface area (Å²) in [5.41, 5.74) is 0.275. The fourth-order valence-corrected chi connectivity index (χ4v) is 11.7. The first-order valence-corrected chi connectivity index (χ1v) is 16.0. The van der Waals surface area contributed by atoms with Crippen LogP contribution in [0.5, 0.6) is 0 Å². The van der Waals surface area contributed by atoms with E-state index in [9.17, 15) is 14.7 Å². The molecule has 1 aromatic rings. The van der Waals surface area contributed by atoms with Crippen LogP contribution in [0.3, 0.4) is 0 Å². The average molecular weight is 577 g/mol. The van der Waals surface area contributed by atoms with E-state index >= 15 is 0 Å². The SMILES string of the molecule is CC(=O)OC[C]1C[C@@H](C)[C@H]2[C](O1)[C@H](O)[C@@]1(C)[C]3CC[C@H]4C(C)(C)[C@@H](OC(=O)c5cccnc5)CC[C@@]45C[C@@]35CC[C@]21C. The first-order chi connectivity index (χ1) is 19.8. The summed E-state index contributed by atoms with van der Waals surface area (Å²) in [6, 6.07) is 3.55. The number of aliphatic hydroxyl groups excluding tert-OH is 1. The number of hydrogen-bond donors (Lipinski definition) is 1. The van der Waals surface area contributed by atoms with Crippen LogP contribution in [0.2, 0.25) is 0 Å². The third-order valence-corrected chi connectivity index (χ3v) is 13.6. The van der Waals surface area contributed by atoms with Gasteiger partial charge in [0.05, 0.1) is 11.7 Å². The van der Waals surface area contributed by atoms with E-state index in [-0.39, 0.29) is 57.6 Å². The van der Waals surface area contributed by atoms with Gasteiger partial charge in [-0.15, -0.1) is 0 Å². The maximum absolute atomic E-state index is 13.0. The molecule has 0 amide bonds. The first kappa shape index (κ1) is 28.8. The number of aliphatic hydroxyl groups is 1. The molecule has 227 valence electrons. The van der Waals surface area contributed by atoms with Crippen molar-refractivity contribution in [3.63, 3.8) is 0 Å². The molecule has 6 fully saturated rings. The number of rotatable bonds is 4. The molecule has 6 aliphatic rings. The standard InChI is InChI=1S/C35H46NO6/c1-20-16-23(18-40-21(2)37)41-28-27(20)32(5)13-14-35-19-34(35)12-11-26(42-30(39)22-8-7-15-36-17-22)31(3,4)24(34)9-10-25(35)33(32,6)29(28)38/h7-8,15,17,20,24,26-27,29,38H,9-14,16,18-19H2,1-6H3/t20-,24+,26+,27+,29+,32-,33-,34-,35+/m1/s1. The Balaban J connectivity index is 1.15. The average Bonchev–Trinajstić information content (AvgIpc) is 3.58. The quantitative estimate of drug-likeness (QED) is 0.422. The lowest BCUT2D eigenvalue weighted by Crippen LogP contribution is -2.59. The van der Waals surface area contributed by atoms with E-state index in [2.05, 4.69) is 39.6 Å². The van der Waals surface area contributed by atoms with Crippen molar-refractivity contribution in [2.24, 2.45) is 44.8 Å². The van der Waals surface area contributed by atoms with Crippen LogP contribution >= 0.6 is 0 Å². The molecule has 7 nitrogen and oxygen atoms in total. The Bertz CT molecular complexity index is 1270. The van der Waals surface area contributed by atoms with E-state index < -0.39 is 6.10 Å². The smallest absolute Gasteiger partial charge is 0.339 e. The van der Waals surface area contributed by atoms with Gasteiger partial charge in [-0.3, -0.25) is 9.78 Å². The van der Waals surface area contributed by atoms with Crippen molar-refractivity contribution in [1.82, 2.24) is 4.98 Å². The van der Waals surface area contributed by atoms with E-state index in [1.165, 1.54) is 13.3 Å². The molecule has 2 heterocycles. The molecule has 42 heavy (non-hydrogen) atoms. The largest absolute Gasteiger partial charge is 0.463 e. The lowest BCUT2D eigenvalue weighted by molar-refractivity contribution is -0.143. The zero-order chi connectivity index (χ0) is 29.9. The second-order valence-corrected chi connectivity index (χ2v) is 15.5.